The van der Waals surface area contributed by atoms with E-state index in [1.165, 1.54) is 5.56 Å². The van der Waals surface area contributed by atoms with Crippen molar-refractivity contribution in [3.8, 4) is 5.75 Å². The molecule has 3 aromatic rings. The molecule has 4 rings (SSSR count). The molecular formula is C24H29N3O4S. The minimum atomic E-state index is -3.52. The Kier molecular flexibility index (Phi) is 7.36. The highest BCUT2D eigenvalue weighted by Crippen LogP contribution is 2.22. The van der Waals surface area contributed by atoms with Gasteiger partial charge < -0.3 is 9.47 Å². The normalized spacial score (nSPS) is 15.8. The largest absolute Gasteiger partial charge is 0.491 e. The Morgan fingerprint density at radius 2 is 1.69 bits per heavy atom. The maximum absolute atomic E-state index is 13.1. The van der Waals surface area contributed by atoms with Crippen molar-refractivity contribution in [3.05, 3.63) is 66.4 Å². The predicted molar refractivity (Wildman–Crippen MR) is 124 cm³/mol. The van der Waals surface area contributed by atoms with E-state index in [4.69, 9.17) is 9.47 Å². The van der Waals surface area contributed by atoms with Gasteiger partial charge in [0.1, 0.15) is 12.4 Å². The fraction of sp³-hybridized carbons (Fsp3) is 0.375. The van der Waals surface area contributed by atoms with Crippen molar-refractivity contribution in [2.75, 3.05) is 46.0 Å². The molecule has 0 spiro atoms. The lowest BCUT2D eigenvalue weighted by Crippen LogP contribution is -2.48. The van der Waals surface area contributed by atoms with E-state index in [-0.39, 0.29) is 0 Å². The summed E-state index contributed by atoms with van der Waals surface area (Å²) in [5.41, 5.74) is 2.17. The molecule has 0 atom stereocenters. The molecule has 0 radical (unpaired) electrons. The van der Waals surface area contributed by atoms with E-state index in [0.717, 1.165) is 17.4 Å². The molecule has 1 saturated heterocycles. The second-order valence-corrected chi connectivity index (χ2v) is 9.63. The van der Waals surface area contributed by atoms with Gasteiger partial charge in [-0.2, -0.15) is 4.31 Å². The van der Waals surface area contributed by atoms with Gasteiger partial charge >= 0.3 is 0 Å². The minimum Gasteiger partial charge on any atom is -0.491 e. The van der Waals surface area contributed by atoms with Crippen LogP contribution >= 0.6 is 0 Å². The van der Waals surface area contributed by atoms with E-state index in [0.29, 0.717) is 56.6 Å². The fourth-order valence-corrected chi connectivity index (χ4v) is 5.31. The average Bonchev–Trinajstić information content (AvgIpc) is 2.83. The molecule has 7 nitrogen and oxygen atoms in total. The van der Waals surface area contributed by atoms with Gasteiger partial charge in [-0.15, -0.1) is 0 Å². The van der Waals surface area contributed by atoms with Gasteiger partial charge in [0.05, 0.1) is 17.0 Å². The van der Waals surface area contributed by atoms with Gasteiger partial charge in [0.25, 0.3) is 0 Å². The first-order chi connectivity index (χ1) is 15.6. The Morgan fingerprint density at radius 3 is 2.44 bits per heavy atom. The number of hydrogen-bond donors (Lipinski definition) is 0. The third-order valence-corrected chi connectivity index (χ3v) is 7.52. The highest BCUT2D eigenvalue weighted by atomic mass is 32.2. The number of nitrogens with zero attached hydrogens (tertiary/aromatic N) is 3. The molecule has 32 heavy (non-hydrogen) atoms. The molecule has 8 heteroatoms. The first-order valence-electron chi connectivity index (χ1n) is 10.9. The Balaban J connectivity index is 1.35. The lowest BCUT2D eigenvalue weighted by molar-refractivity contribution is 0.110. The second-order valence-electron chi connectivity index (χ2n) is 7.69. The Bertz CT molecular complexity index is 1120. The number of pyridine rings is 1. The predicted octanol–water partition coefficient (Wildman–Crippen LogP) is 3.16. The van der Waals surface area contributed by atoms with Crippen LogP contribution in [-0.4, -0.2) is 68.6 Å². The monoisotopic (exact) mass is 455 g/mol. The van der Waals surface area contributed by atoms with Crippen molar-refractivity contribution in [2.45, 2.75) is 18.4 Å². The third kappa shape index (κ3) is 5.27. The minimum absolute atomic E-state index is 0.293. The van der Waals surface area contributed by atoms with E-state index in [1.807, 2.05) is 25.3 Å². The summed E-state index contributed by atoms with van der Waals surface area (Å²) < 4.78 is 38.5. The first-order valence-corrected chi connectivity index (χ1v) is 12.4. The Hall–Kier alpha value is -2.52. The molecule has 1 aromatic heterocycles. The summed E-state index contributed by atoms with van der Waals surface area (Å²) in [6.07, 6.45) is 1.81. The van der Waals surface area contributed by atoms with Gasteiger partial charge in [-0.1, -0.05) is 24.3 Å². The van der Waals surface area contributed by atoms with Gasteiger partial charge in [0.15, 0.2) is 0 Å². The van der Waals surface area contributed by atoms with Crippen LogP contribution in [-0.2, 0) is 21.3 Å². The van der Waals surface area contributed by atoms with Crippen LogP contribution in [0.4, 0.5) is 0 Å². The maximum Gasteiger partial charge on any atom is 0.243 e. The highest BCUT2D eigenvalue weighted by Gasteiger charge is 2.28. The topological polar surface area (TPSA) is 72.0 Å². The number of aromatic nitrogens is 1. The van der Waals surface area contributed by atoms with Crippen LogP contribution < -0.4 is 4.74 Å². The Labute approximate surface area is 189 Å². The number of para-hydroxylation sites is 1. The molecule has 1 aliphatic rings. The zero-order valence-electron chi connectivity index (χ0n) is 18.3. The van der Waals surface area contributed by atoms with Gasteiger partial charge in [0, 0.05) is 50.9 Å². The molecule has 0 saturated carbocycles. The molecule has 2 heterocycles. The summed E-state index contributed by atoms with van der Waals surface area (Å²) in [4.78, 5) is 7.10. The van der Waals surface area contributed by atoms with Crippen molar-refractivity contribution >= 4 is 20.9 Å². The molecule has 1 aliphatic heterocycles. The van der Waals surface area contributed by atoms with Gasteiger partial charge in [-0.3, -0.25) is 9.88 Å². The number of fused-ring (bicyclic) bond motifs is 1. The van der Waals surface area contributed by atoms with Crippen LogP contribution in [0.3, 0.4) is 0 Å². The molecule has 0 amide bonds. The maximum atomic E-state index is 13.1. The zero-order chi connectivity index (χ0) is 22.4. The van der Waals surface area contributed by atoms with Crippen molar-refractivity contribution in [2.24, 2.45) is 0 Å². The quantitative estimate of drug-likeness (QED) is 0.462. The molecular weight excluding hydrogens is 426 g/mol. The number of hydrogen-bond acceptors (Lipinski definition) is 6. The van der Waals surface area contributed by atoms with Crippen LogP contribution in [0.1, 0.15) is 12.5 Å². The number of ether oxygens (including phenoxy) is 2. The third-order valence-electron chi connectivity index (χ3n) is 5.60. The summed E-state index contributed by atoms with van der Waals surface area (Å²) in [5, 5.41) is 1.12. The van der Waals surface area contributed by atoms with Gasteiger partial charge in [-0.05, 0) is 42.8 Å². The van der Waals surface area contributed by atoms with Crippen LogP contribution in [0, 0.1) is 0 Å². The summed E-state index contributed by atoms with van der Waals surface area (Å²) >= 11 is 0. The molecule has 0 aliphatic carbocycles. The highest BCUT2D eigenvalue weighted by molar-refractivity contribution is 7.89. The molecule has 0 N–H and O–H groups in total. The second kappa shape index (κ2) is 10.4. The lowest BCUT2D eigenvalue weighted by atomic mass is 10.1. The zero-order valence-corrected chi connectivity index (χ0v) is 19.1. The lowest BCUT2D eigenvalue weighted by Gasteiger charge is -2.34. The standard InChI is InChI=1S/C24H29N3O4S/c1-2-30-17-18-31-22-8-10-23(11-9-22)32(28,29)27-15-13-26(14-16-27)19-21-6-3-5-20-7-4-12-25-24(20)21/h3-12H,2,13-19H2,1H3. The molecule has 2 aromatic carbocycles. The molecule has 0 unspecified atom stereocenters. The SMILES string of the molecule is CCOCCOc1ccc(S(=O)(=O)N2CCN(Cc3cccc4cccnc34)CC2)cc1. The van der Waals surface area contributed by atoms with Crippen LogP contribution in [0.2, 0.25) is 0 Å². The number of benzene rings is 2. The van der Waals surface area contributed by atoms with Crippen molar-refractivity contribution in [3.63, 3.8) is 0 Å². The van der Waals surface area contributed by atoms with E-state index >= 15 is 0 Å². The van der Waals surface area contributed by atoms with E-state index in [1.54, 1.807) is 28.6 Å². The molecule has 1 fully saturated rings. The summed E-state index contributed by atoms with van der Waals surface area (Å²) in [5.74, 6) is 0.636. The van der Waals surface area contributed by atoms with E-state index in [2.05, 4.69) is 28.1 Å². The van der Waals surface area contributed by atoms with Crippen LogP contribution in [0.15, 0.2) is 65.7 Å². The van der Waals surface area contributed by atoms with Crippen molar-refractivity contribution in [1.29, 1.82) is 0 Å². The number of sulfonamides is 1. The fourth-order valence-electron chi connectivity index (χ4n) is 3.88. The number of piperazine rings is 1. The van der Waals surface area contributed by atoms with Crippen molar-refractivity contribution in [1.82, 2.24) is 14.2 Å². The summed E-state index contributed by atoms with van der Waals surface area (Å²) in [6.45, 7) is 6.58. The van der Waals surface area contributed by atoms with Crippen molar-refractivity contribution < 1.29 is 17.9 Å². The number of rotatable bonds is 9. The molecule has 0 bridgehead atoms. The van der Waals surface area contributed by atoms with Gasteiger partial charge in [-0.25, -0.2) is 8.42 Å². The van der Waals surface area contributed by atoms with E-state index in [9.17, 15) is 8.42 Å². The smallest absolute Gasteiger partial charge is 0.243 e. The summed E-state index contributed by atoms with van der Waals surface area (Å²) in [7, 11) is -3.52. The van der Waals surface area contributed by atoms with Gasteiger partial charge in [0.2, 0.25) is 10.0 Å². The molecule has 170 valence electrons. The summed E-state index contributed by atoms with van der Waals surface area (Å²) in [6, 6.07) is 16.8. The van der Waals surface area contributed by atoms with E-state index < -0.39 is 10.0 Å². The van der Waals surface area contributed by atoms with Crippen LogP contribution in [0.5, 0.6) is 5.75 Å². The van der Waals surface area contributed by atoms with Crippen LogP contribution in [0.25, 0.3) is 10.9 Å². The first kappa shape index (κ1) is 22.7. The average molecular weight is 456 g/mol. The Morgan fingerprint density at radius 1 is 0.938 bits per heavy atom.